The van der Waals surface area contributed by atoms with E-state index in [0.29, 0.717) is 11.7 Å². The Morgan fingerprint density at radius 1 is 0.560 bits per heavy atom. The highest BCUT2D eigenvalue weighted by Gasteiger charge is 2.11. The molecule has 0 aliphatic heterocycles. The third kappa shape index (κ3) is 18.3. The van der Waals surface area contributed by atoms with Gasteiger partial charge >= 0.3 is 0 Å². The molecule has 1 nitrogen and oxygen atoms in total. The van der Waals surface area contributed by atoms with E-state index in [1.54, 1.807) is 0 Å². The third-order valence-corrected chi connectivity index (χ3v) is 5.57. The molecular weight excluding hydrogens is 304 g/mol. The Labute approximate surface area is 159 Å². The van der Waals surface area contributed by atoms with Crippen LogP contribution in [0.1, 0.15) is 143 Å². The number of carbonyl (C=O) groups is 1. The molecule has 1 unspecified atom stereocenters. The number of hydrogen-bond acceptors (Lipinski definition) is 1. The Hall–Kier alpha value is -0.330. The van der Waals surface area contributed by atoms with E-state index in [-0.39, 0.29) is 0 Å². The largest absolute Gasteiger partial charge is 0.299 e. The molecule has 0 fully saturated rings. The summed E-state index contributed by atoms with van der Waals surface area (Å²) in [4.78, 5) is 12.2. The fourth-order valence-corrected chi connectivity index (χ4v) is 3.60. The highest BCUT2D eigenvalue weighted by Crippen LogP contribution is 2.17. The number of carbonyl (C=O) groups excluding carboxylic acids is 1. The number of rotatable bonds is 20. The van der Waals surface area contributed by atoms with Gasteiger partial charge in [-0.2, -0.15) is 0 Å². The van der Waals surface area contributed by atoms with Crippen LogP contribution >= 0.6 is 0 Å². The molecule has 0 heterocycles. The molecule has 150 valence electrons. The van der Waals surface area contributed by atoms with Crippen molar-refractivity contribution in [2.24, 2.45) is 5.92 Å². The lowest BCUT2D eigenvalue weighted by Crippen LogP contribution is -2.10. The van der Waals surface area contributed by atoms with Gasteiger partial charge in [0.15, 0.2) is 0 Å². The van der Waals surface area contributed by atoms with E-state index in [0.717, 1.165) is 19.3 Å². The lowest BCUT2D eigenvalue weighted by atomic mass is 9.94. The minimum atomic E-state index is 0.300. The van der Waals surface area contributed by atoms with E-state index in [2.05, 4.69) is 20.8 Å². The second kappa shape index (κ2) is 20.0. The van der Waals surface area contributed by atoms with Crippen molar-refractivity contribution in [2.45, 2.75) is 143 Å². The third-order valence-electron chi connectivity index (χ3n) is 5.57. The number of unbranched alkanes of at least 4 members (excludes halogenated alkanes) is 15. The van der Waals surface area contributed by atoms with Gasteiger partial charge in [-0.3, -0.25) is 4.79 Å². The van der Waals surface area contributed by atoms with Gasteiger partial charge in [-0.25, -0.2) is 0 Å². The van der Waals surface area contributed by atoms with Crippen molar-refractivity contribution in [3.63, 3.8) is 0 Å². The van der Waals surface area contributed by atoms with Gasteiger partial charge in [0.2, 0.25) is 0 Å². The number of Topliss-reactive ketones (excluding diaryl/α,β-unsaturated/α-hetero) is 1. The first-order valence-corrected chi connectivity index (χ1v) is 11.7. The monoisotopic (exact) mass is 352 g/mol. The Morgan fingerprint density at radius 3 is 1.36 bits per heavy atom. The van der Waals surface area contributed by atoms with Crippen LogP contribution < -0.4 is 0 Å². The molecule has 25 heavy (non-hydrogen) atoms. The van der Waals surface area contributed by atoms with Gasteiger partial charge in [0, 0.05) is 12.3 Å². The molecule has 0 aromatic heterocycles. The minimum Gasteiger partial charge on any atom is -0.299 e. The van der Waals surface area contributed by atoms with E-state index in [1.165, 1.54) is 103 Å². The van der Waals surface area contributed by atoms with Crippen molar-refractivity contribution < 1.29 is 4.79 Å². The summed E-state index contributed by atoms with van der Waals surface area (Å²) in [5.74, 6) is 0.819. The summed E-state index contributed by atoms with van der Waals surface area (Å²) in [6.07, 6.45) is 24.8. The van der Waals surface area contributed by atoms with E-state index >= 15 is 0 Å². The molecule has 0 aliphatic carbocycles. The number of hydrogen-bond donors (Lipinski definition) is 0. The molecular formula is C24H48O. The molecule has 1 heteroatoms. The Morgan fingerprint density at radius 2 is 0.920 bits per heavy atom. The first kappa shape index (κ1) is 24.7. The van der Waals surface area contributed by atoms with Crippen LogP contribution in [0.25, 0.3) is 0 Å². The smallest absolute Gasteiger partial charge is 0.135 e. The highest BCUT2D eigenvalue weighted by atomic mass is 16.1. The van der Waals surface area contributed by atoms with Crippen molar-refractivity contribution >= 4 is 5.78 Å². The maximum Gasteiger partial charge on any atom is 0.135 e. The van der Waals surface area contributed by atoms with Crippen LogP contribution in [0, 0.1) is 5.92 Å². The average molecular weight is 353 g/mol. The summed E-state index contributed by atoms with van der Waals surface area (Å²) >= 11 is 0. The normalized spacial score (nSPS) is 12.4. The highest BCUT2D eigenvalue weighted by molar-refractivity contribution is 5.80. The quantitative estimate of drug-likeness (QED) is 0.200. The maximum atomic E-state index is 12.2. The van der Waals surface area contributed by atoms with E-state index < -0.39 is 0 Å². The van der Waals surface area contributed by atoms with Crippen LogP contribution in [-0.4, -0.2) is 5.78 Å². The second-order valence-corrected chi connectivity index (χ2v) is 8.21. The maximum absolute atomic E-state index is 12.2. The van der Waals surface area contributed by atoms with Crippen LogP contribution in [0.5, 0.6) is 0 Å². The Kier molecular flexibility index (Phi) is 19.7. The average Bonchev–Trinajstić information content (AvgIpc) is 2.62. The Bertz CT molecular complexity index is 271. The summed E-state index contributed by atoms with van der Waals surface area (Å²) in [5, 5.41) is 0. The fraction of sp³-hybridized carbons (Fsp3) is 0.958. The van der Waals surface area contributed by atoms with Crippen LogP contribution in [0.15, 0.2) is 0 Å². The molecule has 0 bridgehead atoms. The first-order valence-electron chi connectivity index (χ1n) is 11.7. The van der Waals surface area contributed by atoms with Crippen molar-refractivity contribution in [1.29, 1.82) is 0 Å². The lowest BCUT2D eigenvalue weighted by Gasteiger charge is -2.10. The zero-order valence-corrected chi connectivity index (χ0v) is 17.9. The Balaban J connectivity index is 3.33. The molecule has 0 spiro atoms. The van der Waals surface area contributed by atoms with Crippen molar-refractivity contribution in [3.8, 4) is 0 Å². The molecule has 0 aromatic carbocycles. The van der Waals surface area contributed by atoms with Crippen LogP contribution in [0.2, 0.25) is 0 Å². The van der Waals surface area contributed by atoms with Crippen LogP contribution in [0.3, 0.4) is 0 Å². The summed E-state index contributed by atoms with van der Waals surface area (Å²) < 4.78 is 0. The zero-order valence-electron chi connectivity index (χ0n) is 17.9. The van der Waals surface area contributed by atoms with Crippen molar-refractivity contribution in [2.75, 3.05) is 0 Å². The second-order valence-electron chi connectivity index (χ2n) is 8.21. The summed E-state index contributed by atoms with van der Waals surface area (Å²) in [5.41, 5.74) is 0. The predicted molar refractivity (Wildman–Crippen MR) is 113 cm³/mol. The molecule has 1 atom stereocenters. The lowest BCUT2D eigenvalue weighted by molar-refractivity contribution is -0.122. The van der Waals surface area contributed by atoms with Gasteiger partial charge in [0.1, 0.15) is 5.78 Å². The van der Waals surface area contributed by atoms with Gasteiger partial charge in [0.05, 0.1) is 0 Å². The van der Waals surface area contributed by atoms with Crippen molar-refractivity contribution in [3.05, 3.63) is 0 Å². The SMILES string of the molecule is CCCCCCCCCCCC(=O)C(C)CCCCCCCCCC. The number of ketones is 1. The van der Waals surface area contributed by atoms with Gasteiger partial charge in [-0.05, 0) is 12.8 Å². The van der Waals surface area contributed by atoms with Gasteiger partial charge < -0.3 is 0 Å². The van der Waals surface area contributed by atoms with Gasteiger partial charge in [-0.15, -0.1) is 0 Å². The van der Waals surface area contributed by atoms with Gasteiger partial charge in [0.25, 0.3) is 0 Å². The predicted octanol–water partition coefficient (Wildman–Crippen LogP) is 8.64. The molecule has 0 aromatic rings. The standard InChI is InChI=1S/C24H48O/c1-4-6-8-10-12-14-16-18-20-22-24(25)23(3)21-19-17-15-13-11-9-7-5-2/h23H,4-22H2,1-3H3. The molecule has 0 amide bonds. The summed E-state index contributed by atoms with van der Waals surface area (Å²) in [6, 6.07) is 0. The van der Waals surface area contributed by atoms with E-state index in [9.17, 15) is 4.79 Å². The van der Waals surface area contributed by atoms with E-state index in [4.69, 9.17) is 0 Å². The summed E-state index contributed by atoms with van der Waals surface area (Å²) in [7, 11) is 0. The van der Waals surface area contributed by atoms with Crippen molar-refractivity contribution in [1.82, 2.24) is 0 Å². The minimum absolute atomic E-state index is 0.300. The van der Waals surface area contributed by atoms with E-state index in [1.807, 2.05) is 0 Å². The molecule has 0 N–H and O–H groups in total. The fourth-order valence-electron chi connectivity index (χ4n) is 3.60. The summed E-state index contributed by atoms with van der Waals surface area (Å²) in [6.45, 7) is 6.69. The first-order chi connectivity index (χ1) is 12.2. The van der Waals surface area contributed by atoms with Crippen LogP contribution in [-0.2, 0) is 4.79 Å². The molecule has 0 rings (SSSR count). The topological polar surface area (TPSA) is 17.1 Å². The molecule has 0 radical (unpaired) electrons. The molecule has 0 saturated heterocycles. The van der Waals surface area contributed by atoms with Gasteiger partial charge in [-0.1, -0.05) is 124 Å². The molecule has 0 saturated carbocycles. The van der Waals surface area contributed by atoms with Crippen LogP contribution in [0.4, 0.5) is 0 Å². The molecule has 0 aliphatic rings. The zero-order chi connectivity index (χ0) is 18.6.